The molecule has 0 aromatic carbocycles. The van der Waals surface area contributed by atoms with Gasteiger partial charge in [0, 0.05) is 13.1 Å². The molecule has 0 spiro atoms. The lowest BCUT2D eigenvalue weighted by atomic mass is 10.2. The number of aromatic nitrogens is 3. The fourth-order valence-corrected chi connectivity index (χ4v) is 1.80. The first-order chi connectivity index (χ1) is 9.68. The van der Waals surface area contributed by atoms with E-state index in [1.54, 1.807) is 20.0 Å². The van der Waals surface area contributed by atoms with Gasteiger partial charge in [0.15, 0.2) is 0 Å². The molecule has 2 heterocycles. The number of halogens is 3. The van der Waals surface area contributed by atoms with Crippen molar-refractivity contribution in [1.82, 2.24) is 14.8 Å². The van der Waals surface area contributed by atoms with Crippen LogP contribution in [0.15, 0.2) is 18.2 Å². The Morgan fingerprint density at radius 1 is 1.38 bits per heavy atom. The molecule has 0 saturated heterocycles. The Labute approximate surface area is 123 Å². The minimum atomic E-state index is -4.59. The quantitative estimate of drug-likeness (QED) is 0.882. The van der Waals surface area contributed by atoms with Crippen LogP contribution in [0.1, 0.15) is 17.0 Å². The normalized spacial score (nSPS) is 11.5. The number of aryl methyl sites for hydroxylation is 2. The molecule has 0 amide bonds. The summed E-state index contributed by atoms with van der Waals surface area (Å²) in [7, 11) is 1.59. The van der Waals surface area contributed by atoms with Crippen LogP contribution in [-0.4, -0.2) is 19.8 Å². The molecule has 2 N–H and O–H groups in total. The third-order valence-corrected chi connectivity index (χ3v) is 2.80. The molecule has 0 aliphatic rings. The van der Waals surface area contributed by atoms with Crippen molar-refractivity contribution in [2.24, 2.45) is 12.8 Å². The molecule has 0 atom stereocenters. The molecule has 5 nitrogen and oxygen atoms in total. The number of hydrogen-bond donors (Lipinski definition) is 1. The van der Waals surface area contributed by atoms with Crippen LogP contribution in [0, 0.1) is 6.92 Å². The highest BCUT2D eigenvalue weighted by Gasteiger charge is 2.33. The lowest BCUT2D eigenvalue weighted by Gasteiger charge is -2.12. The molecule has 0 aliphatic heterocycles. The smallest absolute Gasteiger partial charge is 0.420 e. The molecule has 112 valence electrons. The number of nitrogens with zero attached hydrogens (tertiary/aromatic N) is 3. The number of pyridine rings is 1. The predicted octanol–water partition coefficient (Wildman–Crippen LogP) is 2.57. The highest BCUT2D eigenvalue weighted by Crippen LogP contribution is 2.31. The molecule has 2 aromatic rings. The molecular weight excluding hydrogens is 305 g/mol. The summed E-state index contributed by atoms with van der Waals surface area (Å²) in [6.07, 6.45) is -4.59. The Kier molecular flexibility index (Phi) is 3.86. The van der Waals surface area contributed by atoms with Gasteiger partial charge in [0.05, 0.1) is 11.3 Å². The highest BCUT2D eigenvalue weighted by molar-refractivity contribution is 7.80. The van der Waals surface area contributed by atoms with Crippen molar-refractivity contribution in [3.8, 4) is 11.8 Å². The lowest BCUT2D eigenvalue weighted by molar-refractivity contribution is -0.141. The van der Waals surface area contributed by atoms with Gasteiger partial charge in [-0.05, 0) is 19.1 Å². The first-order valence-electron chi connectivity index (χ1n) is 5.75. The van der Waals surface area contributed by atoms with Crippen LogP contribution in [0.25, 0.3) is 0 Å². The summed E-state index contributed by atoms with van der Waals surface area (Å²) >= 11 is 4.79. The zero-order chi connectivity index (χ0) is 15.8. The van der Waals surface area contributed by atoms with Gasteiger partial charge in [-0.3, -0.25) is 0 Å². The van der Waals surface area contributed by atoms with Crippen LogP contribution in [0.4, 0.5) is 13.2 Å². The second kappa shape index (κ2) is 5.32. The molecule has 0 radical (unpaired) electrons. The van der Waals surface area contributed by atoms with Gasteiger partial charge < -0.3 is 10.5 Å². The highest BCUT2D eigenvalue weighted by atomic mass is 32.1. The van der Waals surface area contributed by atoms with Crippen LogP contribution >= 0.6 is 12.2 Å². The number of alkyl halides is 3. The van der Waals surface area contributed by atoms with Crippen molar-refractivity contribution in [3.63, 3.8) is 0 Å². The summed E-state index contributed by atoms with van der Waals surface area (Å²) < 4.78 is 44.9. The fraction of sp³-hybridized carbons (Fsp3) is 0.250. The Bertz CT molecular complexity index is 696. The van der Waals surface area contributed by atoms with E-state index in [0.29, 0.717) is 5.69 Å². The first-order valence-corrected chi connectivity index (χ1v) is 6.16. The maximum absolute atomic E-state index is 12.7. The molecule has 0 unspecified atom stereocenters. The van der Waals surface area contributed by atoms with Crippen LogP contribution in [0.3, 0.4) is 0 Å². The van der Waals surface area contributed by atoms with Gasteiger partial charge in [-0.15, -0.1) is 0 Å². The molecule has 9 heteroatoms. The van der Waals surface area contributed by atoms with E-state index in [4.69, 9.17) is 22.7 Å². The second-order valence-corrected chi connectivity index (χ2v) is 4.70. The predicted molar refractivity (Wildman–Crippen MR) is 73.1 cm³/mol. The number of rotatable bonds is 3. The van der Waals surface area contributed by atoms with Gasteiger partial charge >= 0.3 is 6.18 Å². The summed E-state index contributed by atoms with van der Waals surface area (Å²) in [5.41, 5.74) is 5.16. The van der Waals surface area contributed by atoms with E-state index >= 15 is 0 Å². The van der Waals surface area contributed by atoms with E-state index in [2.05, 4.69) is 10.1 Å². The average Bonchev–Trinajstić information content (AvgIpc) is 2.66. The average molecular weight is 316 g/mol. The Balaban J connectivity index is 2.49. The molecule has 0 fully saturated rings. The maximum Gasteiger partial charge on any atom is 0.433 e. The van der Waals surface area contributed by atoms with Crippen LogP contribution < -0.4 is 10.5 Å². The standard InChI is InChI=1S/C12H11F3N4OS/c1-6-5-9(19(2)18-6)20-11-7(10(16)21)3-4-8(17-11)12(13,14)15/h3-5H,1-2H3,(H2,16,21). The largest absolute Gasteiger partial charge is 0.433 e. The molecule has 21 heavy (non-hydrogen) atoms. The van der Waals surface area contributed by atoms with E-state index in [9.17, 15) is 13.2 Å². The van der Waals surface area contributed by atoms with E-state index in [0.717, 1.165) is 12.1 Å². The van der Waals surface area contributed by atoms with Gasteiger partial charge in [0.25, 0.3) is 0 Å². The summed E-state index contributed by atoms with van der Waals surface area (Å²) in [5.74, 6) is -0.0721. The van der Waals surface area contributed by atoms with E-state index in [1.165, 1.54) is 4.68 Å². The first kappa shape index (κ1) is 15.2. The molecular formula is C12H11F3N4OS. The summed E-state index contributed by atoms with van der Waals surface area (Å²) in [6.45, 7) is 1.72. The van der Waals surface area contributed by atoms with Crippen molar-refractivity contribution in [3.05, 3.63) is 35.2 Å². The van der Waals surface area contributed by atoms with E-state index in [-0.39, 0.29) is 22.3 Å². The van der Waals surface area contributed by atoms with Crippen molar-refractivity contribution < 1.29 is 17.9 Å². The number of hydrogen-bond acceptors (Lipinski definition) is 4. The Hall–Kier alpha value is -2.16. The van der Waals surface area contributed by atoms with E-state index < -0.39 is 11.9 Å². The SMILES string of the molecule is Cc1cc(Oc2nc(C(F)(F)F)ccc2C(N)=S)n(C)n1. The summed E-state index contributed by atoms with van der Waals surface area (Å²) in [6, 6.07) is 3.50. The van der Waals surface area contributed by atoms with E-state index in [1.807, 2.05) is 0 Å². The van der Waals surface area contributed by atoms with Crippen molar-refractivity contribution >= 4 is 17.2 Å². The number of ether oxygens (including phenoxy) is 1. The van der Waals surface area contributed by atoms with Gasteiger partial charge in [0.2, 0.25) is 11.8 Å². The van der Waals surface area contributed by atoms with Crippen molar-refractivity contribution in [2.45, 2.75) is 13.1 Å². The fourth-order valence-electron chi connectivity index (χ4n) is 1.65. The minimum Gasteiger partial charge on any atom is -0.420 e. The number of nitrogens with two attached hydrogens (primary N) is 1. The zero-order valence-electron chi connectivity index (χ0n) is 11.1. The third-order valence-electron chi connectivity index (χ3n) is 2.58. The molecule has 0 aliphatic carbocycles. The van der Waals surface area contributed by atoms with Crippen molar-refractivity contribution in [2.75, 3.05) is 0 Å². The van der Waals surface area contributed by atoms with Gasteiger partial charge in [-0.2, -0.15) is 18.3 Å². The second-order valence-electron chi connectivity index (χ2n) is 4.26. The van der Waals surface area contributed by atoms with Crippen LogP contribution in [0.5, 0.6) is 11.8 Å². The van der Waals surface area contributed by atoms with Crippen molar-refractivity contribution in [1.29, 1.82) is 0 Å². The molecule has 0 saturated carbocycles. The van der Waals surface area contributed by atoms with Crippen LogP contribution in [0.2, 0.25) is 0 Å². The van der Waals surface area contributed by atoms with Crippen LogP contribution in [-0.2, 0) is 13.2 Å². The Morgan fingerprint density at radius 3 is 2.52 bits per heavy atom. The monoisotopic (exact) mass is 316 g/mol. The minimum absolute atomic E-state index is 0.106. The zero-order valence-corrected chi connectivity index (χ0v) is 11.9. The molecule has 0 bridgehead atoms. The number of thiocarbonyl (C=S) groups is 1. The third kappa shape index (κ3) is 3.30. The Morgan fingerprint density at radius 2 is 2.05 bits per heavy atom. The summed E-state index contributed by atoms with van der Waals surface area (Å²) in [4.78, 5) is 3.35. The van der Waals surface area contributed by atoms with Gasteiger partial charge in [0.1, 0.15) is 10.7 Å². The topological polar surface area (TPSA) is 66.0 Å². The summed E-state index contributed by atoms with van der Waals surface area (Å²) in [5, 5.41) is 4.03. The molecule has 2 aromatic heterocycles. The van der Waals surface area contributed by atoms with Gasteiger partial charge in [-0.25, -0.2) is 9.67 Å². The molecule has 2 rings (SSSR count). The van der Waals surface area contributed by atoms with Gasteiger partial charge in [-0.1, -0.05) is 12.2 Å². The maximum atomic E-state index is 12.7. The lowest BCUT2D eigenvalue weighted by Crippen LogP contribution is -2.15.